The van der Waals surface area contributed by atoms with E-state index in [9.17, 15) is 14.0 Å². The minimum atomic E-state index is -0.542. The van der Waals surface area contributed by atoms with Gasteiger partial charge in [-0.2, -0.15) is 0 Å². The molecule has 0 saturated heterocycles. The first-order valence-electron chi connectivity index (χ1n) is 5.74. The van der Waals surface area contributed by atoms with E-state index < -0.39 is 17.1 Å². The van der Waals surface area contributed by atoms with Gasteiger partial charge in [-0.15, -0.1) is 0 Å². The minimum absolute atomic E-state index is 0.00375. The van der Waals surface area contributed by atoms with Crippen LogP contribution in [0.15, 0.2) is 33.9 Å². The summed E-state index contributed by atoms with van der Waals surface area (Å²) in [4.78, 5) is 23.3. The lowest BCUT2D eigenvalue weighted by atomic mass is 10.3. The van der Waals surface area contributed by atoms with Crippen molar-refractivity contribution in [3.05, 3.63) is 61.6 Å². The summed E-state index contributed by atoms with van der Waals surface area (Å²) in [7, 11) is 2.94. The highest BCUT2D eigenvalue weighted by molar-refractivity contribution is 6.30. The molecule has 0 aliphatic rings. The molecule has 0 fully saturated rings. The van der Waals surface area contributed by atoms with Crippen molar-refractivity contribution in [1.29, 1.82) is 0 Å². The smallest absolute Gasteiger partial charge is 0.330 e. The van der Waals surface area contributed by atoms with E-state index in [1.165, 1.54) is 42.9 Å². The molecule has 0 N–H and O–H groups in total. The average Bonchev–Trinajstić information content (AvgIpc) is 2.42. The van der Waals surface area contributed by atoms with Crippen molar-refractivity contribution < 1.29 is 9.13 Å². The number of benzene rings is 1. The topological polar surface area (TPSA) is 53.2 Å². The van der Waals surface area contributed by atoms with Crippen LogP contribution in [0.1, 0.15) is 5.69 Å². The van der Waals surface area contributed by atoms with Gasteiger partial charge in [-0.25, -0.2) is 9.18 Å². The zero-order chi connectivity index (χ0) is 14.9. The highest BCUT2D eigenvalue weighted by atomic mass is 35.5. The number of hydrogen-bond donors (Lipinski definition) is 0. The fraction of sp³-hybridized carbons (Fsp3) is 0.231. The Morgan fingerprint density at radius 1 is 1.20 bits per heavy atom. The molecule has 0 bridgehead atoms. The molecule has 0 unspecified atom stereocenters. The largest absolute Gasteiger partial charge is 0.487 e. The van der Waals surface area contributed by atoms with Crippen molar-refractivity contribution in [2.75, 3.05) is 0 Å². The third kappa shape index (κ3) is 2.75. The minimum Gasteiger partial charge on any atom is -0.487 e. The Balaban J connectivity index is 2.25. The van der Waals surface area contributed by atoms with E-state index in [4.69, 9.17) is 16.3 Å². The SMILES string of the molecule is Cn1c(COc2ccc(F)c(Cl)c2)cc(=O)n(C)c1=O. The molecule has 7 heteroatoms. The number of halogens is 2. The Kier molecular flexibility index (Phi) is 3.94. The van der Waals surface area contributed by atoms with Crippen LogP contribution >= 0.6 is 11.6 Å². The molecular weight excluding hydrogens is 287 g/mol. The van der Waals surface area contributed by atoms with Gasteiger partial charge >= 0.3 is 5.69 Å². The molecule has 0 atom stereocenters. The van der Waals surface area contributed by atoms with Crippen molar-refractivity contribution in [2.45, 2.75) is 6.61 Å². The Bertz CT molecular complexity index is 767. The highest BCUT2D eigenvalue weighted by Crippen LogP contribution is 2.21. The molecule has 0 aliphatic carbocycles. The second-order valence-electron chi connectivity index (χ2n) is 4.24. The third-order valence-electron chi connectivity index (χ3n) is 2.90. The summed E-state index contributed by atoms with van der Waals surface area (Å²) in [5.74, 6) is -0.190. The van der Waals surface area contributed by atoms with Gasteiger partial charge < -0.3 is 4.74 Å². The van der Waals surface area contributed by atoms with Gasteiger partial charge in [-0.05, 0) is 12.1 Å². The van der Waals surface area contributed by atoms with E-state index in [1.54, 1.807) is 0 Å². The summed E-state index contributed by atoms with van der Waals surface area (Å²) < 4.78 is 20.7. The molecule has 106 valence electrons. The van der Waals surface area contributed by atoms with Crippen molar-refractivity contribution in [2.24, 2.45) is 14.1 Å². The van der Waals surface area contributed by atoms with Crippen LogP contribution in [-0.2, 0) is 20.7 Å². The van der Waals surface area contributed by atoms with E-state index in [1.807, 2.05) is 0 Å². The van der Waals surface area contributed by atoms with E-state index in [2.05, 4.69) is 0 Å². The van der Waals surface area contributed by atoms with E-state index >= 15 is 0 Å². The zero-order valence-electron chi connectivity index (χ0n) is 10.9. The zero-order valence-corrected chi connectivity index (χ0v) is 11.6. The quantitative estimate of drug-likeness (QED) is 0.862. The maximum Gasteiger partial charge on any atom is 0.330 e. The van der Waals surface area contributed by atoms with E-state index in [-0.39, 0.29) is 11.6 Å². The summed E-state index contributed by atoms with van der Waals surface area (Å²) >= 11 is 5.63. The summed E-state index contributed by atoms with van der Waals surface area (Å²) in [5.41, 5.74) is -0.435. The molecule has 0 aliphatic heterocycles. The first kappa shape index (κ1) is 14.3. The number of hydrogen-bond acceptors (Lipinski definition) is 3. The van der Waals surface area contributed by atoms with Crippen LogP contribution in [0.4, 0.5) is 4.39 Å². The predicted molar refractivity (Wildman–Crippen MR) is 72.7 cm³/mol. The molecule has 20 heavy (non-hydrogen) atoms. The van der Waals surface area contributed by atoms with Crippen LogP contribution < -0.4 is 16.0 Å². The van der Waals surface area contributed by atoms with Crippen LogP contribution in [0.3, 0.4) is 0 Å². The number of nitrogens with zero attached hydrogens (tertiary/aromatic N) is 2. The molecule has 2 aromatic rings. The van der Waals surface area contributed by atoms with Gasteiger partial charge in [0.05, 0.1) is 10.7 Å². The fourth-order valence-corrected chi connectivity index (χ4v) is 1.81. The molecule has 0 spiro atoms. The molecule has 5 nitrogen and oxygen atoms in total. The summed E-state index contributed by atoms with van der Waals surface area (Å²) in [6.45, 7) is 0.00375. The van der Waals surface area contributed by atoms with Crippen LogP contribution in [0.25, 0.3) is 0 Å². The molecular formula is C13H12ClFN2O3. The molecule has 1 heterocycles. The molecule has 1 aromatic heterocycles. The maximum absolute atomic E-state index is 13.0. The lowest BCUT2D eigenvalue weighted by Gasteiger charge is -2.11. The average molecular weight is 299 g/mol. The van der Waals surface area contributed by atoms with Crippen LogP contribution in [-0.4, -0.2) is 9.13 Å². The molecule has 0 amide bonds. The van der Waals surface area contributed by atoms with Crippen LogP contribution in [0.5, 0.6) is 5.75 Å². The number of rotatable bonds is 3. The van der Waals surface area contributed by atoms with Gasteiger partial charge in [0.1, 0.15) is 18.2 Å². The summed E-state index contributed by atoms with van der Waals surface area (Å²) in [6.07, 6.45) is 0. The Labute approximate surface area is 118 Å². The van der Waals surface area contributed by atoms with Gasteiger partial charge in [0.25, 0.3) is 5.56 Å². The van der Waals surface area contributed by atoms with Crippen molar-refractivity contribution in [3.8, 4) is 5.75 Å². The maximum atomic E-state index is 13.0. The van der Waals surface area contributed by atoms with Crippen molar-refractivity contribution in [1.82, 2.24) is 9.13 Å². The first-order valence-corrected chi connectivity index (χ1v) is 6.11. The van der Waals surface area contributed by atoms with Crippen LogP contribution in [0, 0.1) is 5.82 Å². The Hall–Kier alpha value is -2.08. The predicted octanol–water partition coefficient (Wildman–Crippen LogP) is 1.46. The second kappa shape index (κ2) is 5.50. The fourth-order valence-electron chi connectivity index (χ4n) is 1.64. The standard InChI is InChI=1S/C13H12ClFN2O3/c1-16-8(5-12(18)17(2)13(16)19)7-20-9-3-4-11(15)10(14)6-9/h3-6H,7H2,1-2H3. The second-order valence-corrected chi connectivity index (χ2v) is 4.65. The molecule has 0 saturated carbocycles. The van der Waals surface area contributed by atoms with Gasteiger partial charge in [0.2, 0.25) is 0 Å². The van der Waals surface area contributed by atoms with Gasteiger partial charge in [0.15, 0.2) is 0 Å². The molecule has 2 rings (SSSR count). The van der Waals surface area contributed by atoms with Crippen LogP contribution in [0.2, 0.25) is 5.02 Å². The first-order chi connectivity index (χ1) is 9.40. The summed E-state index contributed by atoms with van der Waals surface area (Å²) in [5, 5.41) is -0.0552. The van der Waals surface area contributed by atoms with Gasteiger partial charge in [0, 0.05) is 26.2 Å². The van der Waals surface area contributed by atoms with E-state index in [0.717, 1.165) is 4.57 Å². The highest BCUT2D eigenvalue weighted by Gasteiger charge is 2.07. The summed E-state index contributed by atoms with van der Waals surface area (Å²) in [6, 6.07) is 5.24. The van der Waals surface area contributed by atoms with Crippen molar-refractivity contribution >= 4 is 11.6 Å². The normalized spacial score (nSPS) is 10.6. The Morgan fingerprint density at radius 2 is 1.90 bits per heavy atom. The lowest BCUT2D eigenvalue weighted by Crippen LogP contribution is -2.38. The Morgan fingerprint density at radius 3 is 2.55 bits per heavy atom. The van der Waals surface area contributed by atoms with E-state index in [0.29, 0.717) is 11.4 Å². The van der Waals surface area contributed by atoms with Gasteiger partial charge in [-0.1, -0.05) is 11.6 Å². The third-order valence-corrected chi connectivity index (χ3v) is 3.19. The lowest BCUT2D eigenvalue weighted by molar-refractivity contribution is 0.293. The van der Waals surface area contributed by atoms with Gasteiger partial charge in [-0.3, -0.25) is 13.9 Å². The number of aromatic nitrogens is 2. The number of ether oxygens (including phenoxy) is 1. The molecule has 1 aromatic carbocycles. The molecule has 0 radical (unpaired) electrons. The monoisotopic (exact) mass is 298 g/mol. The van der Waals surface area contributed by atoms with Crippen molar-refractivity contribution in [3.63, 3.8) is 0 Å².